The van der Waals surface area contributed by atoms with E-state index in [1.54, 1.807) is 7.11 Å². The Labute approximate surface area is 118 Å². The number of halogens is 1. The molecule has 1 rings (SSSR count). The molecule has 0 radical (unpaired) electrons. The van der Waals surface area contributed by atoms with Gasteiger partial charge in [0, 0.05) is 25.3 Å². The third kappa shape index (κ3) is 4.96. The van der Waals surface area contributed by atoms with Crippen LogP contribution in [0.4, 0.5) is 0 Å². The molecule has 1 aromatic carbocycles. The van der Waals surface area contributed by atoms with Gasteiger partial charge in [0.2, 0.25) is 0 Å². The van der Waals surface area contributed by atoms with Crippen LogP contribution in [0.2, 0.25) is 0 Å². The molecule has 4 heteroatoms. The van der Waals surface area contributed by atoms with Crippen LogP contribution in [0.25, 0.3) is 0 Å². The average molecular weight is 316 g/mol. The Balaban J connectivity index is 2.73. The molecule has 0 saturated heterocycles. The maximum Gasteiger partial charge on any atom is 0.138 e. The maximum absolute atomic E-state index is 5.84. The van der Waals surface area contributed by atoms with E-state index in [1.807, 2.05) is 19.1 Å². The second kappa shape index (κ2) is 7.77. The van der Waals surface area contributed by atoms with Crippen LogP contribution in [0, 0.1) is 0 Å². The zero-order valence-electron chi connectivity index (χ0n) is 11.5. The largest absolute Gasteiger partial charge is 0.489 e. The van der Waals surface area contributed by atoms with E-state index in [2.05, 4.69) is 41.2 Å². The lowest BCUT2D eigenvalue weighted by Crippen LogP contribution is -2.23. The number of ether oxygens (including phenoxy) is 2. The summed E-state index contributed by atoms with van der Waals surface area (Å²) in [6, 6.07) is 6.54. The molecule has 0 aliphatic carbocycles. The summed E-state index contributed by atoms with van der Waals surface area (Å²) in [6.45, 7) is 7.60. The molecule has 0 aliphatic heterocycles. The van der Waals surface area contributed by atoms with Gasteiger partial charge in [-0.05, 0) is 28.9 Å². The molecule has 0 heterocycles. The zero-order chi connectivity index (χ0) is 13.5. The van der Waals surface area contributed by atoms with E-state index in [0.29, 0.717) is 12.6 Å². The molecule has 1 unspecified atom stereocenters. The summed E-state index contributed by atoms with van der Waals surface area (Å²) in [5.74, 6) is 0.898. The Bertz CT molecular complexity index is 369. The van der Waals surface area contributed by atoms with E-state index < -0.39 is 0 Å². The van der Waals surface area contributed by atoms with E-state index in [1.165, 1.54) is 0 Å². The van der Waals surface area contributed by atoms with Crippen molar-refractivity contribution in [2.75, 3.05) is 13.7 Å². The highest BCUT2D eigenvalue weighted by Gasteiger charge is 2.10. The van der Waals surface area contributed by atoms with E-state index in [4.69, 9.17) is 9.47 Å². The number of para-hydroxylation sites is 1. The summed E-state index contributed by atoms with van der Waals surface area (Å²) in [4.78, 5) is 0. The van der Waals surface area contributed by atoms with Gasteiger partial charge in [-0.2, -0.15) is 0 Å². The zero-order valence-corrected chi connectivity index (χ0v) is 13.1. The fraction of sp³-hybridized carbons (Fsp3) is 0.571. The van der Waals surface area contributed by atoms with Crippen LogP contribution in [0.5, 0.6) is 5.75 Å². The van der Waals surface area contributed by atoms with Gasteiger partial charge in [0.25, 0.3) is 0 Å². The predicted molar refractivity (Wildman–Crippen MR) is 78.1 cm³/mol. The minimum Gasteiger partial charge on any atom is -0.489 e. The van der Waals surface area contributed by atoms with Gasteiger partial charge in [0.1, 0.15) is 12.4 Å². The Morgan fingerprint density at radius 2 is 2.00 bits per heavy atom. The molecule has 0 amide bonds. The number of nitrogens with one attached hydrogen (secondary N) is 1. The van der Waals surface area contributed by atoms with Crippen LogP contribution in [-0.2, 0) is 11.3 Å². The number of hydrogen-bond donors (Lipinski definition) is 1. The monoisotopic (exact) mass is 315 g/mol. The summed E-state index contributed by atoms with van der Waals surface area (Å²) >= 11 is 3.53. The minimum absolute atomic E-state index is 0.0861. The van der Waals surface area contributed by atoms with Gasteiger partial charge in [-0.1, -0.05) is 26.0 Å². The molecule has 0 bridgehead atoms. The van der Waals surface area contributed by atoms with Gasteiger partial charge in [0.15, 0.2) is 0 Å². The molecule has 1 atom stereocenters. The Morgan fingerprint density at radius 3 is 2.61 bits per heavy atom. The molecule has 0 spiro atoms. The van der Waals surface area contributed by atoms with Gasteiger partial charge in [0.05, 0.1) is 10.6 Å². The van der Waals surface area contributed by atoms with E-state index in [9.17, 15) is 0 Å². The number of benzene rings is 1. The smallest absolute Gasteiger partial charge is 0.138 e. The highest BCUT2D eigenvalue weighted by atomic mass is 79.9. The van der Waals surface area contributed by atoms with Crippen molar-refractivity contribution in [2.45, 2.75) is 39.5 Å². The SMILES string of the molecule is COC(C)COc1c(Br)cccc1CNC(C)C. The van der Waals surface area contributed by atoms with Crippen molar-refractivity contribution in [2.24, 2.45) is 0 Å². The maximum atomic E-state index is 5.84. The third-order valence-corrected chi connectivity index (χ3v) is 3.24. The van der Waals surface area contributed by atoms with Gasteiger partial charge >= 0.3 is 0 Å². The standard InChI is InChI=1S/C14H22BrNO2/c1-10(2)16-8-12-6-5-7-13(15)14(12)18-9-11(3)17-4/h5-7,10-11,16H,8-9H2,1-4H3. The summed E-state index contributed by atoms with van der Waals surface area (Å²) in [7, 11) is 1.69. The van der Waals surface area contributed by atoms with Crippen molar-refractivity contribution < 1.29 is 9.47 Å². The Kier molecular flexibility index (Phi) is 6.68. The second-order valence-corrected chi connectivity index (χ2v) is 5.48. The fourth-order valence-corrected chi connectivity index (χ4v) is 1.96. The average Bonchev–Trinajstić information content (AvgIpc) is 2.34. The molecule has 0 fully saturated rings. The van der Waals surface area contributed by atoms with Crippen molar-refractivity contribution in [3.63, 3.8) is 0 Å². The predicted octanol–water partition coefficient (Wildman–Crippen LogP) is 3.36. The summed E-state index contributed by atoms with van der Waals surface area (Å²) in [5, 5.41) is 3.40. The number of rotatable bonds is 7. The van der Waals surface area contributed by atoms with Crippen LogP contribution in [0.3, 0.4) is 0 Å². The third-order valence-electron chi connectivity index (χ3n) is 2.61. The highest BCUT2D eigenvalue weighted by molar-refractivity contribution is 9.10. The van der Waals surface area contributed by atoms with Gasteiger partial charge in [-0.15, -0.1) is 0 Å². The van der Waals surface area contributed by atoms with E-state index >= 15 is 0 Å². The van der Waals surface area contributed by atoms with Crippen molar-refractivity contribution in [3.8, 4) is 5.75 Å². The normalized spacial score (nSPS) is 12.8. The molecule has 0 aromatic heterocycles. The molecule has 102 valence electrons. The Hall–Kier alpha value is -0.580. The molecule has 0 saturated carbocycles. The van der Waals surface area contributed by atoms with Gasteiger partial charge in [-0.25, -0.2) is 0 Å². The summed E-state index contributed by atoms with van der Waals surface area (Å²) < 4.78 is 12.0. The molecule has 18 heavy (non-hydrogen) atoms. The summed E-state index contributed by atoms with van der Waals surface area (Å²) in [6.07, 6.45) is 0.0861. The second-order valence-electron chi connectivity index (χ2n) is 4.62. The van der Waals surface area contributed by atoms with Crippen LogP contribution >= 0.6 is 15.9 Å². The molecule has 1 aromatic rings. The Morgan fingerprint density at radius 1 is 1.28 bits per heavy atom. The van der Waals surface area contributed by atoms with Crippen molar-refractivity contribution in [1.82, 2.24) is 5.32 Å². The molecule has 1 N–H and O–H groups in total. The lowest BCUT2D eigenvalue weighted by Gasteiger charge is -2.17. The lowest BCUT2D eigenvalue weighted by atomic mass is 10.2. The van der Waals surface area contributed by atoms with Crippen LogP contribution in [-0.4, -0.2) is 25.9 Å². The summed E-state index contributed by atoms with van der Waals surface area (Å²) in [5.41, 5.74) is 1.15. The number of hydrogen-bond acceptors (Lipinski definition) is 3. The highest BCUT2D eigenvalue weighted by Crippen LogP contribution is 2.29. The van der Waals surface area contributed by atoms with Crippen molar-refractivity contribution >= 4 is 15.9 Å². The number of methoxy groups -OCH3 is 1. The van der Waals surface area contributed by atoms with E-state index in [0.717, 1.165) is 22.3 Å². The molecular formula is C14H22BrNO2. The van der Waals surface area contributed by atoms with Crippen LogP contribution in [0.15, 0.2) is 22.7 Å². The van der Waals surface area contributed by atoms with E-state index in [-0.39, 0.29) is 6.10 Å². The van der Waals surface area contributed by atoms with Gasteiger partial charge < -0.3 is 14.8 Å². The first-order valence-corrected chi connectivity index (χ1v) is 7.00. The van der Waals surface area contributed by atoms with Crippen molar-refractivity contribution in [3.05, 3.63) is 28.2 Å². The molecular weight excluding hydrogens is 294 g/mol. The molecule has 0 aliphatic rings. The first-order valence-electron chi connectivity index (χ1n) is 6.21. The molecule has 3 nitrogen and oxygen atoms in total. The van der Waals surface area contributed by atoms with Crippen LogP contribution in [0.1, 0.15) is 26.3 Å². The van der Waals surface area contributed by atoms with Crippen molar-refractivity contribution in [1.29, 1.82) is 0 Å². The first kappa shape index (κ1) is 15.5. The topological polar surface area (TPSA) is 30.5 Å². The quantitative estimate of drug-likeness (QED) is 0.837. The lowest BCUT2D eigenvalue weighted by molar-refractivity contribution is 0.0710. The fourth-order valence-electron chi connectivity index (χ4n) is 1.44. The minimum atomic E-state index is 0.0861. The van der Waals surface area contributed by atoms with Crippen LogP contribution < -0.4 is 10.1 Å². The van der Waals surface area contributed by atoms with Gasteiger partial charge in [-0.3, -0.25) is 0 Å². The first-order chi connectivity index (χ1) is 8.54.